The zero-order chi connectivity index (χ0) is 19.8. The SMILES string of the molecule is CCCCCC/C(O)=C/[N+](CCCCC)(CCCCC)C(CC)C(=O)O. The molecule has 0 fully saturated rings. The van der Waals surface area contributed by atoms with E-state index in [4.69, 9.17) is 0 Å². The van der Waals surface area contributed by atoms with Crippen molar-refractivity contribution >= 4 is 5.97 Å². The average molecular weight is 371 g/mol. The highest BCUT2D eigenvalue weighted by molar-refractivity contribution is 5.72. The molecule has 0 aliphatic rings. The van der Waals surface area contributed by atoms with Crippen LogP contribution in [-0.4, -0.2) is 39.8 Å². The molecular formula is C22H44NO3+. The number of allylic oxidation sites excluding steroid dienone is 1. The van der Waals surface area contributed by atoms with Crippen LogP contribution in [0.15, 0.2) is 12.0 Å². The number of aliphatic hydroxyl groups excluding tert-OH is 1. The largest absolute Gasteiger partial charge is 0.507 e. The second kappa shape index (κ2) is 15.1. The minimum absolute atomic E-state index is 0.383. The first kappa shape index (κ1) is 25.0. The van der Waals surface area contributed by atoms with Crippen molar-refractivity contribution in [2.75, 3.05) is 13.1 Å². The number of hydrogen-bond donors (Lipinski definition) is 2. The topological polar surface area (TPSA) is 57.5 Å². The van der Waals surface area contributed by atoms with Crippen molar-refractivity contribution in [1.29, 1.82) is 0 Å². The Morgan fingerprint density at radius 2 is 1.31 bits per heavy atom. The van der Waals surface area contributed by atoms with Crippen molar-refractivity contribution in [2.24, 2.45) is 0 Å². The van der Waals surface area contributed by atoms with Gasteiger partial charge in [0, 0.05) is 12.8 Å². The Morgan fingerprint density at radius 3 is 1.73 bits per heavy atom. The lowest BCUT2D eigenvalue weighted by Gasteiger charge is -2.40. The predicted octanol–water partition coefficient (Wildman–Crippen LogP) is 6.42. The van der Waals surface area contributed by atoms with Crippen LogP contribution in [0.4, 0.5) is 0 Å². The number of carbonyl (C=O) groups is 1. The molecular weight excluding hydrogens is 326 g/mol. The molecule has 1 unspecified atom stereocenters. The van der Waals surface area contributed by atoms with Crippen LogP contribution < -0.4 is 0 Å². The molecule has 0 saturated heterocycles. The lowest BCUT2D eigenvalue weighted by atomic mass is 10.0. The van der Waals surface area contributed by atoms with E-state index in [1.165, 1.54) is 12.8 Å². The molecule has 0 aromatic carbocycles. The first-order valence-corrected chi connectivity index (χ1v) is 11.0. The molecule has 0 saturated carbocycles. The second-order valence-corrected chi connectivity index (χ2v) is 7.66. The Bertz CT molecular complexity index is 383. The van der Waals surface area contributed by atoms with Crippen LogP contribution in [0.2, 0.25) is 0 Å². The van der Waals surface area contributed by atoms with E-state index in [1.807, 2.05) is 13.1 Å². The molecule has 0 aromatic rings. The minimum Gasteiger partial charge on any atom is -0.507 e. The van der Waals surface area contributed by atoms with Crippen molar-refractivity contribution in [1.82, 2.24) is 0 Å². The molecule has 0 spiro atoms. The number of aliphatic carboxylic acids is 1. The maximum Gasteiger partial charge on any atom is 0.362 e. The van der Waals surface area contributed by atoms with E-state index in [-0.39, 0.29) is 0 Å². The zero-order valence-electron chi connectivity index (χ0n) is 17.8. The Kier molecular flexibility index (Phi) is 14.5. The Balaban J connectivity index is 5.46. The van der Waals surface area contributed by atoms with Gasteiger partial charge in [-0.2, -0.15) is 0 Å². The Labute approximate surface area is 161 Å². The smallest absolute Gasteiger partial charge is 0.362 e. The third-order valence-corrected chi connectivity index (χ3v) is 5.34. The molecule has 0 bridgehead atoms. The van der Waals surface area contributed by atoms with Crippen molar-refractivity contribution in [3.8, 4) is 0 Å². The van der Waals surface area contributed by atoms with Crippen molar-refractivity contribution in [2.45, 2.75) is 111 Å². The maximum absolute atomic E-state index is 12.0. The second-order valence-electron chi connectivity index (χ2n) is 7.66. The predicted molar refractivity (Wildman–Crippen MR) is 110 cm³/mol. The molecule has 0 heterocycles. The van der Waals surface area contributed by atoms with Crippen molar-refractivity contribution in [3.05, 3.63) is 12.0 Å². The van der Waals surface area contributed by atoms with Crippen LogP contribution in [-0.2, 0) is 4.79 Å². The van der Waals surface area contributed by atoms with E-state index >= 15 is 0 Å². The highest BCUT2D eigenvalue weighted by Gasteiger charge is 2.39. The number of quaternary nitrogens is 1. The normalized spacial score (nSPS) is 13.8. The van der Waals surface area contributed by atoms with Gasteiger partial charge >= 0.3 is 5.97 Å². The molecule has 0 rings (SSSR count). The summed E-state index contributed by atoms with van der Waals surface area (Å²) in [5.41, 5.74) is 0. The lowest BCUT2D eigenvalue weighted by Crippen LogP contribution is -2.56. The summed E-state index contributed by atoms with van der Waals surface area (Å²) in [5.74, 6) is -0.357. The summed E-state index contributed by atoms with van der Waals surface area (Å²) in [6.07, 6.45) is 14.1. The number of hydrogen-bond acceptors (Lipinski definition) is 2. The van der Waals surface area contributed by atoms with Gasteiger partial charge in [0.25, 0.3) is 0 Å². The summed E-state index contributed by atoms with van der Waals surface area (Å²) in [4.78, 5) is 12.0. The van der Waals surface area contributed by atoms with Crippen molar-refractivity contribution in [3.63, 3.8) is 0 Å². The molecule has 0 aliphatic carbocycles. The van der Waals surface area contributed by atoms with Crippen LogP contribution in [0.5, 0.6) is 0 Å². The molecule has 0 amide bonds. The molecule has 4 heteroatoms. The number of rotatable bonds is 17. The van der Waals surface area contributed by atoms with Gasteiger partial charge in [-0.25, -0.2) is 4.79 Å². The Hall–Kier alpha value is -1.03. The fourth-order valence-corrected chi connectivity index (χ4v) is 3.81. The summed E-state index contributed by atoms with van der Waals surface area (Å²) < 4.78 is 0.408. The molecule has 0 aliphatic heterocycles. The van der Waals surface area contributed by atoms with Crippen LogP contribution >= 0.6 is 0 Å². The van der Waals surface area contributed by atoms with Gasteiger partial charge < -0.3 is 10.2 Å². The van der Waals surface area contributed by atoms with Gasteiger partial charge in [0.2, 0.25) is 0 Å². The standard InChI is InChI=1S/C22H43NO3/c1-5-9-12-13-16-20(24)19-23(17-14-10-6-2,18-15-11-7-3)21(8-4)22(25)26/h19,21H,5-18H2,1-4H3,(H-,24,25,26)/p+1/b20-19-. The van der Waals surface area contributed by atoms with E-state index in [0.717, 1.165) is 64.5 Å². The van der Waals surface area contributed by atoms with E-state index in [0.29, 0.717) is 23.1 Å². The number of aliphatic hydroxyl groups is 1. The number of unbranched alkanes of at least 4 members (excludes halogenated alkanes) is 7. The monoisotopic (exact) mass is 370 g/mol. The minimum atomic E-state index is -0.740. The molecule has 2 N–H and O–H groups in total. The molecule has 154 valence electrons. The van der Waals surface area contributed by atoms with Gasteiger partial charge in [-0.1, -0.05) is 59.8 Å². The maximum atomic E-state index is 12.0. The van der Waals surface area contributed by atoms with Gasteiger partial charge in [-0.05, 0) is 32.1 Å². The lowest BCUT2D eigenvalue weighted by molar-refractivity contribution is -0.897. The number of carboxylic acid groups (broad SMARTS) is 1. The van der Waals surface area contributed by atoms with Gasteiger partial charge in [0.05, 0.1) is 13.1 Å². The van der Waals surface area contributed by atoms with Crippen LogP contribution in [0.1, 0.15) is 105 Å². The first-order chi connectivity index (χ1) is 12.5. The molecule has 26 heavy (non-hydrogen) atoms. The third-order valence-electron chi connectivity index (χ3n) is 5.34. The van der Waals surface area contributed by atoms with Crippen LogP contribution in [0.25, 0.3) is 0 Å². The van der Waals surface area contributed by atoms with E-state index < -0.39 is 12.0 Å². The summed E-state index contributed by atoms with van der Waals surface area (Å²) in [6, 6.07) is -0.471. The third kappa shape index (κ3) is 9.61. The number of nitrogens with zero attached hydrogens (tertiary/aromatic N) is 1. The average Bonchev–Trinajstić information content (AvgIpc) is 2.59. The fourth-order valence-electron chi connectivity index (χ4n) is 3.81. The highest BCUT2D eigenvalue weighted by Crippen LogP contribution is 2.25. The van der Waals surface area contributed by atoms with Crippen molar-refractivity contribution < 1.29 is 19.5 Å². The van der Waals surface area contributed by atoms with Crippen LogP contribution in [0.3, 0.4) is 0 Å². The summed E-state index contributed by atoms with van der Waals surface area (Å²) >= 11 is 0. The van der Waals surface area contributed by atoms with E-state index in [2.05, 4.69) is 20.8 Å². The van der Waals surface area contributed by atoms with E-state index in [1.54, 1.807) is 0 Å². The van der Waals surface area contributed by atoms with Gasteiger partial charge in [-0.15, -0.1) is 0 Å². The number of carboxylic acids is 1. The highest BCUT2D eigenvalue weighted by atomic mass is 16.4. The van der Waals surface area contributed by atoms with Gasteiger partial charge in [0.1, 0.15) is 12.0 Å². The Morgan fingerprint density at radius 1 is 0.808 bits per heavy atom. The van der Waals surface area contributed by atoms with Gasteiger partial charge in [-0.3, -0.25) is 4.48 Å². The molecule has 0 radical (unpaired) electrons. The summed E-state index contributed by atoms with van der Waals surface area (Å²) in [6.45, 7) is 10.1. The first-order valence-electron chi connectivity index (χ1n) is 11.0. The van der Waals surface area contributed by atoms with Crippen LogP contribution in [0, 0.1) is 0 Å². The summed E-state index contributed by atoms with van der Waals surface area (Å²) in [7, 11) is 0. The summed E-state index contributed by atoms with van der Waals surface area (Å²) in [5, 5.41) is 20.4. The quantitative estimate of drug-likeness (QED) is 0.176. The van der Waals surface area contributed by atoms with E-state index in [9.17, 15) is 15.0 Å². The zero-order valence-corrected chi connectivity index (χ0v) is 17.8. The molecule has 4 nitrogen and oxygen atoms in total. The van der Waals surface area contributed by atoms with Gasteiger partial charge in [0.15, 0.2) is 6.04 Å². The molecule has 0 aromatic heterocycles. The fraction of sp³-hybridized carbons (Fsp3) is 0.864. The molecule has 1 atom stereocenters.